The molecule has 19 heavy (non-hydrogen) atoms. The Morgan fingerprint density at radius 3 is 2.37 bits per heavy atom. The highest BCUT2D eigenvalue weighted by Crippen LogP contribution is 2.23. The molecule has 1 rings (SSSR count). The van der Waals surface area contributed by atoms with Crippen LogP contribution in [0.1, 0.15) is 52.9 Å². The van der Waals surface area contributed by atoms with Crippen LogP contribution in [-0.4, -0.2) is 41.9 Å². The smallest absolute Gasteiger partial charge is 0.324 e. The lowest BCUT2D eigenvalue weighted by Gasteiger charge is -2.36. The summed E-state index contributed by atoms with van der Waals surface area (Å²) >= 11 is 0. The van der Waals surface area contributed by atoms with Crippen LogP contribution in [0.5, 0.6) is 0 Å². The van der Waals surface area contributed by atoms with E-state index in [4.69, 9.17) is 0 Å². The van der Waals surface area contributed by atoms with Gasteiger partial charge in [-0.1, -0.05) is 20.3 Å². The second kappa shape index (κ2) is 6.19. The van der Waals surface area contributed by atoms with Gasteiger partial charge in [0.05, 0.1) is 0 Å². The van der Waals surface area contributed by atoms with Crippen LogP contribution in [0.2, 0.25) is 0 Å². The normalized spacial score (nSPS) is 22.4. The van der Waals surface area contributed by atoms with E-state index in [2.05, 4.69) is 4.72 Å². The van der Waals surface area contributed by atoms with Gasteiger partial charge in [-0.25, -0.2) is 0 Å². The lowest BCUT2D eigenvalue weighted by atomic mass is 9.95. The third-order valence-electron chi connectivity index (χ3n) is 3.99. The largest absolute Gasteiger partial charge is 0.480 e. The molecule has 7 heteroatoms. The van der Waals surface area contributed by atoms with Crippen molar-refractivity contribution in [3.63, 3.8) is 0 Å². The molecule has 0 aliphatic carbocycles. The fraction of sp³-hybridized carbons (Fsp3) is 0.917. The van der Waals surface area contributed by atoms with Gasteiger partial charge in [0.15, 0.2) is 0 Å². The van der Waals surface area contributed by atoms with Gasteiger partial charge in [-0.05, 0) is 32.6 Å². The van der Waals surface area contributed by atoms with Crippen LogP contribution < -0.4 is 4.72 Å². The zero-order valence-corrected chi connectivity index (χ0v) is 12.7. The number of carboxylic acid groups (broad SMARTS) is 1. The Hall–Kier alpha value is -0.660. The topological polar surface area (TPSA) is 86.7 Å². The summed E-state index contributed by atoms with van der Waals surface area (Å²) in [4.78, 5) is 11.4. The SMILES string of the molecule is CCC(CC)(NS(=O)(=O)N1CCCCC1C)C(=O)O. The molecule has 112 valence electrons. The number of carbonyl (C=O) groups is 1. The van der Waals surface area contributed by atoms with E-state index in [1.165, 1.54) is 4.31 Å². The Labute approximate surface area is 115 Å². The first-order valence-electron chi connectivity index (χ1n) is 6.83. The molecular formula is C12H24N2O4S. The number of hydrogen-bond acceptors (Lipinski definition) is 3. The summed E-state index contributed by atoms with van der Waals surface area (Å²) in [6, 6.07) is -0.0774. The first-order valence-corrected chi connectivity index (χ1v) is 8.27. The quantitative estimate of drug-likeness (QED) is 0.773. The Morgan fingerprint density at radius 2 is 1.95 bits per heavy atom. The highest BCUT2D eigenvalue weighted by Gasteiger charge is 2.42. The van der Waals surface area contributed by atoms with Crippen LogP contribution in [0.3, 0.4) is 0 Å². The predicted molar refractivity (Wildman–Crippen MR) is 73.0 cm³/mol. The average Bonchev–Trinajstić information content (AvgIpc) is 2.36. The van der Waals surface area contributed by atoms with Crippen molar-refractivity contribution in [2.45, 2.75) is 64.5 Å². The van der Waals surface area contributed by atoms with Gasteiger partial charge >= 0.3 is 5.97 Å². The number of piperidine rings is 1. The lowest BCUT2D eigenvalue weighted by molar-refractivity contribution is -0.144. The summed E-state index contributed by atoms with van der Waals surface area (Å²) in [6.07, 6.45) is 3.10. The summed E-state index contributed by atoms with van der Waals surface area (Å²) in [5.41, 5.74) is -1.41. The third kappa shape index (κ3) is 3.46. The van der Waals surface area contributed by atoms with Crippen molar-refractivity contribution < 1.29 is 18.3 Å². The van der Waals surface area contributed by atoms with Crippen LogP contribution >= 0.6 is 0 Å². The highest BCUT2D eigenvalue weighted by molar-refractivity contribution is 7.87. The molecule has 1 heterocycles. The molecular weight excluding hydrogens is 268 g/mol. The van der Waals surface area contributed by atoms with Gasteiger partial charge in [0, 0.05) is 12.6 Å². The Bertz CT molecular complexity index is 417. The molecule has 1 aliphatic heterocycles. The molecule has 1 saturated heterocycles. The summed E-state index contributed by atoms with van der Waals surface area (Å²) in [6.45, 7) is 5.68. The molecule has 0 aromatic heterocycles. The van der Waals surface area contributed by atoms with Crippen LogP contribution in [0.4, 0.5) is 0 Å². The van der Waals surface area contributed by atoms with Gasteiger partial charge in [0.1, 0.15) is 5.54 Å². The molecule has 0 radical (unpaired) electrons. The molecule has 1 atom stereocenters. The van der Waals surface area contributed by atoms with Gasteiger partial charge in [-0.2, -0.15) is 17.4 Å². The highest BCUT2D eigenvalue weighted by atomic mass is 32.2. The van der Waals surface area contributed by atoms with E-state index >= 15 is 0 Å². The van der Waals surface area contributed by atoms with Crippen molar-refractivity contribution in [3.8, 4) is 0 Å². The third-order valence-corrected chi connectivity index (χ3v) is 5.80. The van der Waals surface area contributed by atoms with E-state index in [1.807, 2.05) is 6.92 Å². The van der Waals surface area contributed by atoms with Crippen LogP contribution in [0.25, 0.3) is 0 Å². The molecule has 0 aromatic rings. The molecule has 1 fully saturated rings. The van der Waals surface area contributed by atoms with Crippen molar-refractivity contribution >= 4 is 16.2 Å². The maximum atomic E-state index is 12.4. The van der Waals surface area contributed by atoms with Crippen LogP contribution in [0, 0.1) is 0 Å². The molecule has 0 bridgehead atoms. The van der Waals surface area contributed by atoms with E-state index in [0.717, 1.165) is 19.3 Å². The monoisotopic (exact) mass is 292 g/mol. The summed E-state index contributed by atoms with van der Waals surface area (Å²) in [7, 11) is -3.76. The standard InChI is InChI=1S/C12H24N2O4S/c1-4-12(5-2,11(15)16)13-19(17,18)14-9-7-6-8-10(14)3/h10,13H,4-9H2,1-3H3,(H,15,16). The van der Waals surface area contributed by atoms with E-state index in [0.29, 0.717) is 6.54 Å². The molecule has 0 aromatic carbocycles. The second-order valence-corrected chi connectivity index (χ2v) is 6.78. The first kappa shape index (κ1) is 16.4. The predicted octanol–water partition coefficient (Wildman–Crippen LogP) is 1.34. The molecule has 6 nitrogen and oxygen atoms in total. The first-order chi connectivity index (χ1) is 8.79. The van der Waals surface area contributed by atoms with Gasteiger partial charge < -0.3 is 5.11 Å². The zero-order valence-electron chi connectivity index (χ0n) is 11.8. The number of hydrogen-bond donors (Lipinski definition) is 2. The molecule has 2 N–H and O–H groups in total. The molecule has 0 saturated carbocycles. The zero-order chi connectivity index (χ0) is 14.7. The average molecular weight is 292 g/mol. The van der Waals surface area contributed by atoms with Gasteiger partial charge in [0.25, 0.3) is 10.2 Å². The van der Waals surface area contributed by atoms with E-state index in [1.54, 1.807) is 13.8 Å². The Balaban J connectivity index is 2.97. The molecule has 0 amide bonds. The minimum Gasteiger partial charge on any atom is -0.480 e. The van der Waals surface area contributed by atoms with Crippen molar-refractivity contribution in [1.82, 2.24) is 9.03 Å². The number of carboxylic acids is 1. The van der Waals surface area contributed by atoms with E-state index in [9.17, 15) is 18.3 Å². The molecule has 1 unspecified atom stereocenters. The Morgan fingerprint density at radius 1 is 1.37 bits per heavy atom. The minimum absolute atomic E-state index is 0.0774. The fourth-order valence-electron chi connectivity index (χ4n) is 2.47. The molecule has 1 aliphatic rings. The van der Waals surface area contributed by atoms with E-state index in [-0.39, 0.29) is 18.9 Å². The van der Waals surface area contributed by atoms with Crippen molar-refractivity contribution in [2.75, 3.05) is 6.54 Å². The number of nitrogens with one attached hydrogen (secondary N) is 1. The van der Waals surface area contributed by atoms with Crippen LogP contribution in [0.15, 0.2) is 0 Å². The fourth-order valence-corrected chi connectivity index (χ4v) is 4.41. The summed E-state index contributed by atoms with van der Waals surface area (Å²) < 4.78 is 28.6. The number of rotatable bonds is 6. The van der Waals surface area contributed by atoms with E-state index < -0.39 is 21.7 Å². The van der Waals surface area contributed by atoms with Crippen molar-refractivity contribution in [3.05, 3.63) is 0 Å². The minimum atomic E-state index is -3.76. The van der Waals surface area contributed by atoms with Crippen molar-refractivity contribution in [2.24, 2.45) is 0 Å². The van der Waals surface area contributed by atoms with Gasteiger partial charge in [-0.15, -0.1) is 0 Å². The second-order valence-electron chi connectivity index (χ2n) is 5.16. The van der Waals surface area contributed by atoms with Crippen LogP contribution in [-0.2, 0) is 15.0 Å². The summed E-state index contributed by atoms with van der Waals surface area (Å²) in [5.74, 6) is -1.12. The number of nitrogens with zero attached hydrogens (tertiary/aromatic N) is 1. The van der Waals surface area contributed by atoms with Crippen molar-refractivity contribution in [1.29, 1.82) is 0 Å². The number of aliphatic carboxylic acids is 1. The maximum absolute atomic E-state index is 12.4. The maximum Gasteiger partial charge on any atom is 0.324 e. The van der Waals surface area contributed by atoms with Gasteiger partial charge in [0.2, 0.25) is 0 Å². The lowest BCUT2D eigenvalue weighted by Crippen LogP contribution is -2.59. The Kier molecular flexibility index (Phi) is 5.34. The summed E-state index contributed by atoms with van der Waals surface area (Å²) in [5, 5.41) is 9.31. The molecule has 0 spiro atoms. The van der Waals surface area contributed by atoms with Gasteiger partial charge in [-0.3, -0.25) is 4.79 Å².